The number of piperazine rings is 1. The van der Waals surface area contributed by atoms with Gasteiger partial charge in [0.15, 0.2) is 0 Å². The van der Waals surface area contributed by atoms with Gasteiger partial charge in [-0.2, -0.15) is 4.31 Å². The predicted molar refractivity (Wildman–Crippen MR) is 131 cm³/mol. The van der Waals surface area contributed by atoms with Gasteiger partial charge in [-0.3, -0.25) is 9.52 Å². The van der Waals surface area contributed by atoms with Crippen LogP contribution in [0.1, 0.15) is 24.5 Å². The Hall–Kier alpha value is -2.47. The van der Waals surface area contributed by atoms with E-state index in [2.05, 4.69) is 9.62 Å². The molecule has 0 saturated carbocycles. The van der Waals surface area contributed by atoms with Crippen molar-refractivity contribution in [2.75, 3.05) is 49.4 Å². The molecule has 2 aliphatic rings. The summed E-state index contributed by atoms with van der Waals surface area (Å²) in [6.45, 7) is 6.09. The highest BCUT2D eigenvalue weighted by Gasteiger charge is 2.30. The lowest BCUT2D eigenvalue weighted by atomic mass is 10.2. The maximum Gasteiger partial charge on any atom is 0.261 e. The molecule has 9 nitrogen and oxygen atoms in total. The molecule has 184 valence electrons. The Morgan fingerprint density at radius 3 is 2.35 bits per heavy atom. The van der Waals surface area contributed by atoms with E-state index in [0.717, 1.165) is 11.3 Å². The molecule has 4 rings (SSSR count). The fraction of sp³-hybridized carbons (Fsp3) is 0.435. The normalized spacial score (nSPS) is 17.6. The number of anilines is 2. The second-order valence-electron chi connectivity index (χ2n) is 8.73. The third-order valence-corrected chi connectivity index (χ3v) is 9.80. The number of carbonyl (C=O) groups is 1. The molecule has 1 N–H and O–H groups in total. The van der Waals surface area contributed by atoms with Crippen LogP contribution in [0.2, 0.25) is 0 Å². The van der Waals surface area contributed by atoms with Crippen LogP contribution in [-0.2, 0) is 31.3 Å². The lowest BCUT2D eigenvalue weighted by Gasteiger charge is -2.32. The van der Waals surface area contributed by atoms with Gasteiger partial charge in [0, 0.05) is 44.8 Å². The number of carbonyl (C=O) groups excluding carboxylic acids is 1. The van der Waals surface area contributed by atoms with Crippen molar-refractivity contribution in [1.29, 1.82) is 0 Å². The molecule has 0 bridgehead atoms. The van der Waals surface area contributed by atoms with Gasteiger partial charge in [0.1, 0.15) is 0 Å². The average Bonchev–Trinajstić information content (AvgIpc) is 3.23. The van der Waals surface area contributed by atoms with Crippen LogP contribution in [0.25, 0.3) is 0 Å². The van der Waals surface area contributed by atoms with Crippen molar-refractivity contribution in [1.82, 2.24) is 9.21 Å². The molecule has 34 heavy (non-hydrogen) atoms. The zero-order valence-electron chi connectivity index (χ0n) is 19.6. The maximum atomic E-state index is 13.2. The molecule has 1 fully saturated rings. The third-order valence-electron chi connectivity index (χ3n) is 6.38. The summed E-state index contributed by atoms with van der Waals surface area (Å²) < 4.78 is 56.6. The lowest BCUT2D eigenvalue weighted by molar-refractivity contribution is -0.118. The Morgan fingerprint density at radius 2 is 1.68 bits per heavy atom. The van der Waals surface area contributed by atoms with Crippen LogP contribution >= 0.6 is 0 Å². The summed E-state index contributed by atoms with van der Waals surface area (Å²) in [4.78, 5) is 16.0. The molecule has 0 atom stereocenters. The van der Waals surface area contributed by atoms with Crippen molar-refractivity contribution >= 4 is 37.3 Å². The Morgan fingerprint density at radius 1 is 0.971 bits per heavy atom. The van der Waals surface area contributed by atoms with Gasteiger partial charge in [-0.15, -0.1) is 0 Å². The van der Waals surface area contributed by atoms with E-state index in [-0.39, 0.29) is 21.4 Å². The Bertz CT molecular complexity index is 1320. The zero-order chi connectivity index (χ0) is 24.7. The molecule has 1 saturated heterocycles. The second kappa shape index (κ2) is 9.29. The monoisotopic (exact) mass is 506 g/mol. The number of nitrogens with one attached hydrogen (secondary N) is 1. The minimum Gasteiger partial charge on any atom is -0.312 e. The SMILES string of the molecule is CCC(=O)N1CCc2cc(S(=O)(=O)Nc3ccc(C)c(S(=O)(=O)N4CCN(C)CC4)c3)ccc21. The molecule has 0 unspecified atom stereocenters. The van der Waals surface area contributed by atoms with Crippen LogP contribution in [-0.4, -0.2) is 71.7 Å². The molecule has 0 aliphatic carbocycles. The fourth-order valence-electron chi connectivity index (χ4n) is 4.32. The first-order valence-electron chi connectivity index (χ1n) is 11.3. The number of fused-ring (bicyclic) bond motifs is 1. The van der Waals surface area contributed by atoms with Crippen LogP contribution in [0.15, 0.2) is 46.2 Å². The van der Waals surface area contributed by atoms with Gasteiger partial charge in [0.25, 0.3) is 10.0 Å². The molecule has 2 aromatic rings. The van der Waals surface area contributed by atoms with Gasteiger partial charge in [-0.05, 0) is 61.9 Å². The van der Waals surface area contributed by atoms with Crippen LogP contribution < -0.4 is 9.62 Å². The second-order valence-corrected chi connectivity index (χ2v) is 12.3. The maximum absolute atomic E-state index is 13.2. The summed E-state index contributed by atoms with van der Waals surface area (Å²) in [6.07, 6.45) is 0.968. The van der Waals surface area contributed by atoms with Crippen LogP contribution in [0, 0.1) is 6.92 Å². The Balaban J connectivity index is 1.59. The van der Waals surface area contributed by atoms with Gasteiger partial charge in [0.2, 0.25) is 15.9 Å². The Kier molecular flexibility index (Phi) is 6.74. The van der Waals surface area contributed by atoms with Crippen LogP contribution in [0.4, 0.5) is 11.4 Å². The number of benzene rings is 2. The molecule has 0 aromatic heterocycles. The molecule has 0 spiro atoms. The number of sulfonamides is 2. The van der Waals surface area contributed by atoms with Crippen molar-refractivity contribution in [2.45, 2.75) is 36.5 Å². The first-order chi connectivity index (χ1) is 16.0. The minimum atomic E-state index is -3.95. The molecule has 2 aromatic carbocycles. The number of rotatable bonds is 6. The van der Waals surface area contributed by atoms with Gasteiger partial charge < -0.3 is 9.80 Å². The van der Waals surface area contributed by atoms with Crippen molar-refractivity contribution in [3.63, 3.8) is 0 Å². The quantitative estimate of drug-likeness (QED) is 0.643. The van der Waals surface area contributed by atoms with Crippen molar-refractivity contribution in [3.8, 4) is 0 Å². The highest BCUT2D eigenvalue weighted by Crippen LogP contribution is 2.32. The number of likely N-dealkylation sites (N-methyl/N-ethyl adjacent to an activating group) is 1. The van der Waals surface area contributed by atoms with E-state index < -0.39 is 20.0 Å². The predicted octanol–water partition coefficient (Wildman–Crippen LogP) is 2.03. The molecule has 11 heteroatoms. The summed E-state index contributed by atoms with van der Waals surface area (Å²) in [5.74, 6) is 0.00114. The number of hydrogen-bond acceptors (Lipinski definition) is 6. The van der Waals surface area contributed by atoms with Gasteiger partial charge >= 0.3 is 0 Å². The zero-order valence-corrected chi connectivity index (χ0v) is 21.2. The fourth-order valence-corrected chi connectivity index (χ4v) is 7.09. The smallest absolute Gasteiger partial charge is 0.261 e. The highest BCUT2D eigenvalue weighted by molar-refractivity contribution is 7.92. The summed E-state index contributed by atoms with van der Waals surface area (Å²) in [5, 5.41) is 0. The van der Waals surface area contributed by atoms with Crippen molar-refractivity contribution in [3.05, 3.63) is 47.5 Å². The highest BCUT2D eigenvalue weighted by atomic mass is 32.2. The third kappa shape index (κ3) is 4.70. The van der Waals surface area contributed by atoms with Crippen molar-refractivity contribution < 1.29 is 21.6 Å². The molecule has 1 amide bonds. The molecule has 2 aliphatic heterocycles. The van der Waals surface area contributed by atoms with E-state index in [0.29, 0.717) is 51.1 Å². The first kappa shape index (κ1) is 24.6. The van der Waals surface area contributed by atoms with E-state index in [1.165, 1.54) is 16.4 Å². The summed E-state index contributed by atoms with van der Waals surface area (Å²) >= 11 is 0. The van der Waals surface area contributed by atoms with Gasteiger partial charge in [-0.25, -0.2) is 16.8 Å². The van der Waals surface area contributed by atoms with Crippen molar-refractivity contribution in [2.24, 2.45) is 0 Å². The summed E-state index contributed by atoms with van der Waals surface area (Å²) in [7, 11) is -5.76. The van der Waals surface area contributed by atoms with Gasteiger partial charge in [0.05, 0.1) is 15.5 Å². The van der Waals surface area contributed by atoms with E-state index in [1.54, 1.807) is 43.0 Å². The summed E-state index contributed by atoms with van der Waals surface area (Å²) in [5.41, 5.74) is 2.27. The number of aryl methyl sites for hydroxylation is 1. The molecular weight excluding hydrogens is 476 g/mol. The van der Waals surface area contributed by atoms with E-state index in [4.69, 9.17) is 0 Å². The molecule has 0 radical (unpaired) electrons. The number of nitrogens with zero attached hydrogens (tertiary/aromatic N) is 3. The first-order valence-corrected chi connectivity index (χ1v) is 14.2. The van der Waals surface area contributed by atoms with E-state index in [9.17, 15) is 21.6 Å². The largest absolute Gasteiger partial charge is 0.312 e. The standard InChI is InChI=1S/C23H30N4O5S2/c1-4-23(28)27-10-9-18-15-20(7-8-21(18)27)33(29,30)24-19-6-5-17(2)22(16-19)34(31,32)26-13-11-25(3)12-14-26/h5-8,15-16,24H,4,9-14H2,1-3H3. The van der Waals surface area contributed by atoms with Crippen LogP contribution in [0.5, 0.6) is 0 Å². The van der Waals surface area contributed by atoms with Crippen LogP contribution in [0.3, 0.4) is 0 Å². The lowest BCUT2D eigenvalue weighted by Crippen LogP contribution is -2.47. The topological polar surface area (TPSA) is 107 Å². The summed E-state index contributed by atoms with van der Waals surface area (Å²) in [6, 6.07) is 9.26. The minimum absolute atomic E-state index is 0.00114. The molecular formula is C23H30N4O5S2. The average molecular weight is 507 g/mol. The van der Waals surface area contributed by atoms with E-state index >= 15 is 0 Å². The number of hydrogen-bond donors (Lipinski definition) is 1. The van der Waals surface area contributed by atoms with Gasteiger partial charge in [-0.1, -0.05) is 13.0 Å². The number of amides is 1. The molecule has 2 heterocycles. The van der Waals surface area contributed by atoms with E-state index in [1.807, 2.05) is 7.05 Å². The Labute approximate surface area is 201 Å².